The van der Waals surface area contributed by atoms with E-state index in [2.05, 4.69) is 4.98 Å². The highest BCUT2D eigenvalue weighted by atomic mass is 35.5. The van der Waals surface area contributed by atoms with Gasteiger partial charge in [-0.25, -0.2) is 9.37 Å². The number of carbonyl (C=O) groups is 1. The van der Waals surface area contributed by atoms with Gasteiger partial charge in [-0.3, -0.25) is 4.79 Å². The van der Waals surface area contributed by atoms with Crippen molar-refractivity contribution in [3.63, 3.8) is 0 Å². The van der Waals surface area contributed by atoms with Gasteiger partial charge < -0.3 is 0 Å². The molecular weight excluding hydrogens is 273 g/mol. The number of nitrogens with zero attached hydrogens (tertiary/aromatic N) is 1. The lowest BCUT2D eigenvalue weighted by Gasteiger charge is -2.02. The summed E-state index contributed by atoms with van der Waals surface area (Å²) in [4.78, 5) is 16.0. The molecule has 5 heteroatoms. The van der Waals surface area contributed by atoms with Crippen LogP contribution in [0.15, 0.2) is 23.6 Å². The predicted molar refractivity (Wildman–Crippen MR) is 70.7 cm³/mol. The van der Waals surface area contributed by atoms with Crippen LogP contribution in [0, 0.1) is 12.7 Å². The number of benzene rings is 1. The summed E-state index contributed by atoms with van der Waals surface area (Å²) in [5.74, 6) is -0.489. The minimum absolute atomic E-state index is 0.0504. The molecule has 94 valence electrons. The Labute approximate surface area is 113 Å². The van der Waals surface area contributed by atoms with Gasteiger partial charge in [-0.05, 0) is 24.6 Å². The van der Waals surface area contributed by atoms with Gasteiger partial charge in [-0.1, -0.05) is 17.7 Å². The van der Waals surface area contributed by atoms with Crippen LogP contribution in [-0.2, 0) is 17.6 Å². The standard InChI is InChI=1S/C13H11ClFNOS/c1-8-7-18-13(16-8)6-11(17)4-9-2-3-10(14)5-12(9)15/h2-3,5,7H,4,6H2,1H3. The number of rotatable bonds is 4. The lowest BCUT2D eigenvalue weighted by atomic mass is 10.1. The Kier molecular flexibility index (Phi) is 4.09. The van der Waals surface area contributed by atoms with Gasteiger partial charge in [0, 0.05) is 22.5 Å². The lowest BCUT2D eigenvalue weighted by molar-refractivity contribution is -0.117. The van der Waals surface area contributed by atoms with E-state index in [4.69, 9.17) is 11.6 Å². The van der Waals surface area contributed by atoms with Crippen molar-refractivity contribution in [3.05, 3.63) is 50.7 Å². The van der Waals surface area contributed by atoms with Crippen LogP contribution in [0.1, 0.15) is 16.3 Å². The largest absolute Gasteiger partial charge is 0.299 e. The van der Waals surface area contributed by atoms with Gasteiger partial charge in [0.1, 0.15) is 16.6 Å². The molecule has 0 radical (unpaired) electrons. The summed E-state index contributed by atoms with van der Waals surface area (Å²) in [5.41, 5.74) is 1.28. The summed E-state index contributed by atoms with van der Waals surface area (Å²) in [6.07, 6.45) is 0.322. The summed E-state index contributed by atoms with van der Waals surface area (Å²) < 4.78 is 13.5. The zero-order chi connectivity index (χ0) is 13.1. The molecule has 1 heterocycles. The molecular formula is C13H11ClFNOS. The van der Waals surface area contributed by atoms with Crippen molar-refractivity contribution < 1.29 is 9.18 Å². The molecule has 0 atom stereocenters. The molecule has 0 aliphatic rings. The molecule has 0 saturated heterocycles. The Bertz CT molecular complexity index is 582. The van der Waals surface area contributed by atoms with E-state index in [0.29, 0.717) is 10.6 Å². The highest BCUT2D eigenvalue weighted by Gasteiger charge is 2.11. The molecule has 0 aliphatic heterocycles. The van der Waals surface area contributed by atoms with E-state index >= 15 is 0 Å². The Balaban J connectivity index is 2.03. The number of Topliss-reactive ketones (excluding diaryl/α,β-unsaturated/α-hetero) is 1. The molecule has 1 aromatic carbocycles. The lowest BCUT2D eigenvalue weighted by Crippen LogP contribution is -2.07. The van der Waals surface area contributed by atoms with Crippen LogP contribution in [0.4, 0.5) is 4.39 Å². The highest BCUT2D eigenvalue weighted by molar-refractivity contribution is 7.09. The van der Waals surface area contributed by atoms with Crippen LogP contribution < -0.4 is 0 Å². The topological polar surface area (TPSA) is 30.0 Å². The van der Waals surface area contributed by atoms with E-state index in [-0.39, 0.29) is 18.6 Å². The SMILES string of the molecule is Cc1csc(CC(=O)Cc2ccc(Cl)cc2F)n1. The highest BCUT2D eigenvalue weighted by Crippen LogP contribution is 2.16. The third-order valence-corrected chi connectivity index (χ3v) is 3.62. The molecule has 0 spiro atoms. The van der Waals surface area contributed by atoms with Gasteiger partial charge in [-0.2, -0.15) is 0 Å². The molecule has 2 rings (SSSR count). The number of aryl methyl sites for hydroxylation is 1. The van der Waals surface area contributed by atoms with Crippen molar-refractivity contribution in [2.75, 3.05) is 0 Å². The molecule has 2 aromatic rings. The summed E-state index contributed by atoms with van der Waals surface area (Å²) >= 11 is 7.10. The fourth-order valence-electron chi connectivity index (χ4n) is 1.59. The summed E-state index contributed by atoms with van der Waals surface area (Å²) in [6, 6.07) is 4.35. The maximum Gasteiger partial charge on any atom is 0.144 e. The average Bonchev–Trinajstić information content (AvgIpc) is 2.68. The molecule has 0 fully saturated rings. The van der Waals surface area contributed by atoms with E-state index in [1.54, 1.807) is 12.1 Å². The maximum atomic E-state index is 13.5. The molecule has 1 aromatic heterocycles. The number of hydrogen-bond acceptors (Lipinski definition) is 3. The summed E-state index contributed by atoms with van der Waals surface area (Å²) in [6.45, 7) is 1.88. The smallest absolute Gasteiger partial charge is 0.144 e. The molecule has 0 N–H and O–H groups in total. The van der Waals surface area contributed by atoms with Crippen LogP contribution in [0.2, 0.25) is 5.02 Å². The number of thiazole rings is 1. The van der Waals surface area contributed by atoms with Gasteiger partial charge >= 0.3 is 0 Å². The summed E-state index contributed by atoms with van der Waals surface area (Å²) in [7, 11) is 0. The zero-order valence-corrected chi connectivity index (χ0v) is 11.3. The predicted octanol–water partition coefficient (Wildman–Crippen LogP) is 3.60. The number of carbonyl (C=O) groups excluding carboxylic acids is 1. The first kappa shape index (κ1) is 13.2. The number of aromatic nitrogens is 1. The first-order valence-corrected chi connectivity index (χ1v) is 6.67. The molecule has 2 nitrogen and oxygen atoms in total. The van der Waals surface area contributed by atoms with Gasteiger partial charge in [-0.15, -0.1) is 11.3 Å². The quantitative estimate of drug-likeness (QED) is 0.858. The minimum atomic E-state index is -0.439. The Hall–Kier alpha value is -1.26. The molecule has 0 aliphatic carbocycles. The molecule has 18 heavy (non-hydrogen) atoms. The fourth-order valence-corrected chi connectivity index (χ4v) is 2.55. The first-order chi connectivity index (χ1) is 8.54. The van der Waals surface area contributed by atoms with Crippen molar-refractivity contribution in [1.29, 1.82) is 0 Å². The van der Waals surface area contributed by atoms with Crippen molar-refractivity contribution in [1.82, 2.24) is 4.98 Å². The van der Waals surface area contributed by atoms with E-state index in [0.717, 1.165) is 10.7 Å². The van der Waals surface area contributed by atoms with E-state index in [9.17, 15) is 9.18 Å². The second kappa shape index (κ2) is 5.59. The number of ketones is 1. The molecule has 0 bridgehead atoms. The van der Waals surface area contributed by atoms with Gasteiger partial charge in [0.15, 0.2) is 0 Å². The van der Waals surface area contributed by atoms with Crippen molar-refractivity contribution in [2.45, 2.75) is 19.8 Å². The van der Waals surface area contributed by atoms with E-state index < -0.39 is 5.82 Å². The zero-order valence-electron chi connectivity index (χ0n) is 9.74. The van der Waals surface area contributed by atoms with E-state index in [1.165, 1.54) is 17.4 Å². The van der Waals surface area contributed by atoms with Crippen LogP contribution >= 0.6 is 22.9 Å². The van der Waals surface area contributed by atoms with Gasteiger partial charge in [0.05, 0.1) is 6.42 Å². The van der Waals surface area contributed by atoms with Crippen molar-refractivity contribution >= 4 is 28.7 Å². The van der Waals surface area contributed by atoms with E-state index in [1.807, 2.05) is 12.3 Å². The number of hydrogen-bond donors (Lipinski definition) is 0. The number of halogens is 2. The van der Waals surface area contributed by atoms with Crippen LogP contribution in [0.3, 0.4) is 0 Å². The fraction of sp³-hybridized carbons (Fsp3) is 0.231. The Morgan fingerprint density at radius 1 is 1.44 bits per heavy atom. The van der Waals surface area contributed by atoms with Crippen LogP contribution in [0.25, 0.3) is 0 Å². The molecule has 0 amide bonds. The molecule has 0 unspecified atom stereocenters. The van der Waals surface area contributed by atoms with Gasteiger partial charge in [0.25, 0.3) is 0 Å². The Morgan fingerprint density at radius 2 is 2.22 bits per heavy atom. The summed E-state index contributed by atoms with van der Waals surface area (Å²) in [5, 5.41) is 3.00. The normalized spacial score (nSPS) is 10.6. The second-order valence-corrected chi connectivity index (χ2v) is 5.39. The third-order valence-electron chi connectivity index (χ3n) is 2.42. The minimum Gasteiger partial charge on any atom is -0.299 e. The third kappa shape index (κ3) is 3.37. The van der Waals surface area contributed by atoms with Crippen molar-refractivity contribution in [2.24, 2.45) is 0 Å². The average molecular weight is 284 g/mol. The maximum absolute atomic E-state index is 13.5. The Morgan fingerprint density at radius 3 is 2.83 bits per heavy atom. The van der Waals surface area contributed by atoms with Gasteiger partial charge in [0.2, 0.25) is 0 Å². The molecule has 0 saturated carbocycles. The van der Waals surface area contributed by atoms with Crippen molar-refractivity contribution in [3.8, 4) is 0 Å². The second-order valence-electron chi connectivity index (χ2n) is 4.01. The first-order valence-electron chi connectivity index (χ1n) is 5.41. The van der Waals surface area contributed by atoms with Crippen LogP contribution in [-0.4, -0.2) is 10.8 Å². The van der Waals surface area contributed by atoms with Crippen LogP contribution in [0.5, 0.6) is 0 Å². The monoisotopic (exact) mass is 283 g/mol.